The van der Waals surface area contributed by atoms with E-state index in [1.807, 2.05) is 0 Å². The molecule has 0 spiro atoms. The van der Waals surface area contributed by atoms with Gasteiger partial charge in [-0.2, -0.15) is 0 Å². The average Bonchev–Trinajstić information content (AvgIpc) is 2.47. The average molecular weight is 424 g/mol. The molecular formula is C19H41ClSn. The second-order valence-electron chi connectivity index (χ2n) is 6.94. The molecule has 0 aliphatic heterocycles. The van der Waals surface area contributed by atoms with Crippen LogP contribution in [0, 0.1) is 0 Å². The summed E-state index contributed by atoms with van der Waals surface area (Å²) in [7, 11) is 7.13. The van der Waals surface area contributed by atoms with Crippen molar-refractivity contribution in [3.05, 3.63) is 0 Å². The van der Waals surface area contributed by atoms with Crippen LogP contribution in [0.2, 0.25) is 13.3 Å². The van der Waals surface area contributed by atoms with Gasteiger partial charge in [0.2, 0.25) is 0 Å². The molecule has 0 heterocycles. The summed E-state index contributed by atoms with van der Waals surface area (Å²) in [6, 6.07) is 0. The first-order chi connectivity index (χ1) is 10.2. The van der Waals surface area contributed by atoms with Gasteiger partial charge in [0.15, 0.2) is 0 Å². The Morgan fingerprint density at radius 3 is 1.24 bits per heavy atom. The normalized spacial score (nSPS) is 12.0. The molecule has 0 radical (unpaired) electrons. The first-order valence-corrected chi connectivity index (χ1v) is 19.5. The molecule has 0 aliphatic carbocycles. The van der Waals surface area contributed by atoms with E-state index >= 15 is 0 Å². The fourth-order valence-electron chi connectivity index (χ4n) is 3.27. The second-order valence-corrected chi connectivity index (χ2v) is 23.2. The zero-order chi connectivity index (χ0) is 15.8. The molecule has 0 bridgehead atoms. The fraction of sp³-hybridized carbons (Fsp3) is 1.00. The van der Waals surface area contributed by atoms with Crippen LogP contribution in [0.15, 0.2) is 0 Å². The first-order valence-electron chi connectivity index (χ1n) is 9.87. The van der Waals surface area contributed by atoms with Crippen LogP contribution in [-0.2, 0) is 0 Å². The Balaban J connectivity index is 3.73. The van der Waals surface area contributed by atoms with Gasteiger partial charge in [-0.15, -0.1) is 0 Å². The van der Waals surface area contributed by atoms with E-state index in [0.717, 1.165) is 0 Å². The van der Waals surface area contributed by atoms with Crippen LogP contribution in [0.25, 0.3) is 0 Å². The zero-order valence-corrected chi connectivity index (χ0v) is 18.8. The predicted octanol–water partition coefficient (Wildman–Crippen LogP) is 8.30. The minimum atomic E-state index is -2.20. The fourth-order valence-corrected chi connectivity index (χ4v) is 16.1. The van der Waals surface area contributed by atoms with Crippen molar-refractivity contribution in [2.75, 3.05) is 0 Å². The molecule has 0 aliphatic rings. The predicted molar refractivity (Wildman–Crippen MR) is 103 cm³/mol. The molecule has 0 saturated carbocycles. The van der Waals surface area contributed by atoms with Crippen LogP contribution in [0.3, 0.4) is 0 Å². The number of unbranched alkanes of at least 4 members (excludes halogenated alkanes) is 10. The Labute approximate surface area is 143 Å². The Morgan fingerprint density at radius 2 is 0.857 bits per heavy atom. The van der Waals surface area contributed by atoms with Gasteiger partial charge in [0, 0.05) is 0 Å². The van der Waals surface area contributed by atoms with Crippen LogP contribution in [0.5, 0.6) is 0 Å². The standard InChI is InChI=1S/2C8H17.C3H7.ClH.Sn/c2*1-3-5-7-8-6-4-2;1-3-2;;/h2*1,3-8H2,2H3;1,3H2,2H3;1H;/q;;;;+1/p-1. The van der Waals surface area contributed by atoms with Gasteiger partial charge in [0.25, 0.3) is 0 Å². The van der Waals surface area contributed by atoms with E-state index in [-0.39, 0.29) is 0 Å². The van der Waals surface area contributed by atoms with E-state index in [1.54, 1.807) is 0 Å². The van der Waals surface area contributed by atoms with E-state index in [0.29, 0.717) is 0 Å². The molecule has 0 amide bonds. The van der Waals surface area contributed by atoms with Crippen molar-refractivity contribution in [2.24, 2.45) is 0 Å². The van der Waals surface area contributed by atoms with Gasteiger partial charge in [0.05, 0.1) is 0 Å². The molecule has 0 fully saturated rings. The van der Waals surface area contributed by atoms with Crippen molar-refractivity contribution in [1.29, 1.82) is 0 Å². The van der Waals surface area contributed by atoms with Crippen molar-refractivity contribution < 1.29 is 0 Å². The summed E-state index contributed by atoms with van der Waals surface area (Å²) in [6.45, 7) is 6.92. The molecule has 0 rings (SSSR count). The van der Waals surface area contributed by atoms with Crippen LogP contribution in [0.1, 0.15) is 104 Å². The number of rotatable bonds is 16. The van der Waals surface area contributed by atoms with Crippen LogP contribution in [0.4, 0.5) is 0 Å². The monoisotopic (exact) mass is 424 g/mol. The second kappa shape index (κ2) is 16.0. The molecule has 0 atom stereocenters. The van der Waals surface area contributed by atoms with Crippen molar-refractivity contribution in [2.45, 2.75) is 118 Å². The molecule has 21 heavy (non-hydrogen) atoms. The molecule has 0 unspecified atom stereocenters. The Bertz CT molecular complexity index is 190. The third-order valence-electron chi connectivity index (χ3n) is 4.65. The summed E-state index contributed by atoms with van der Waals surface area (Å²) in [5, 5.41) is 0. The van der Waals surface area contributed by atoms with E-state index < -0.39 is 17.3 Å². The minimum absolute atomic E-state index is 1.32. The molecule has 2 heteroatoms. The summed E-state index contributed by atoms with van der Waals surface area (Å²) in [5.41, 5.74) is 0. The van der Waals surface area contributed by atoms with Gasteiger partial charge in [-0.25, -0.2) is 0 Å². The third kappa shape index (κ3) is 14.4. The Hall–Kier alpha value is 1.09. The van der Waals surface area contributed by atoms with E-state index in [2.05, 4.69) is 20.8 Å². The maximum absolute atomic E-state index is 7.13. The first kappa shape index (κ1) is 22.1. The summed E-state index contributed by atoms with van der Waals surface area (Å²) in [4.78, 5) is 0. The van der Waals surface area contributed by atoms with Crippen LogP contribution in [-0.4, -0.2) is 17.3 Å². The van der Waals surface area contributed by atoms with Crippen molar-refractivity contribution >= 4 is 26.2 Å². The molecule has 0 aromatic heterocycles. The maximum atomic E-state index is 7.13. The van der Waals surface area contributed by atoms with Crippen LogP contribution >= 0.6 is 8.92 Å². The molecular weight excluding hydrogens is 382 g/mol. The van der Waals surface area contributed by atoms with Crippen LogP contribution < -0.4 is 0 Å². The SMILES string of the molecule is CCCCCCC[CH2][Sn]([Cl])([CH2]CC)[CH2]CCCCCCC. The quantitative estimate of drug-likeness (QED) is 0.173. The summed E-state index contributed by atoms with van der Waals surface area (Å²) in [5.74, 6) is 0. The van der Waals surface area contributed by atoms with Gasteiger partial charge >= 0.3 is 144 Å². The molecule has 128 valence electrons. The molecule has 0 aromatic rings. The number of hydrogen-bond acceptors (Lipinski definition) is 0. The van der Waals surface area contributed by atoms with Gasteiger partial charge in [0.1, 0.15) is 0 Å². The molecule has 0 saturated heterocycles. The van der Waals surface area contributed by atoms with Crippen molar-refractivity contribution in [3.63, 3.8) is 0 Å². The molecule has 0 N–H and O–H groups in total. The third-order valence-corrected chi connectivity index (χ3v) is 19.6. The van der Waals surface area contributed by atoms with E-state index in [1.165, 1.54) is 96.8 Å². The van der Waals surface area contributed by atoms with Crippen molar-refractivity contribution in [1.82, 2.24) is 0 Å². The Kier molecular flexibility index (Phi) is 16.8. The Morgan fingerprint density at radius 1 is 0.476 bits per heavy atom. The summed E-state index contributed by atoms with van der Waals surface area (Å²) in [6.07, 6.45) is 18.4. The van der Waals surface area contributed by atoms with E-state index in [9.17, 15) is 0 Å². The van der Waals surface area contributed by atoms with Gasteiger partial charge < -0.3 is 0 Å². The van der Waals surface area contributed by atoms with Gasteiger partial charge in [-0.3, -0.25) is 0 Å². The summed E-state index contributed by atoms with van der Waals surface area (Å²) < 4.78 is 4.32. The number of hydrogen-bond donors (Lipinski definition) is 0. The number of halogens is 1. The topological polar surface area (TPSA) is 0 Å². The zero-order valence-electron chi connectivity index (χ0n) is 15.2. The van der Waals surface area contributed by atoms with E-state index in [4.69, 9.17) is 8.92 Å². The van der Waals surface area contributed by atoms with Gasteiger partial charge in [-0.1, -0.05) is 0 Å². The molecule has 0 aromatic carbocycles. The molecule has 0 nitrogen and oxygen atoms in total. The summed E-state index contributed by atoms with van der Waals surface area (Å²) >= 11 is -2.20. The van der Waals surface area contributed by atoms with Gasteiger partial charge in [-0.05, 0) is 0 Å². The van der Waals surface area contributed by atoms with Crippen molar-refractivity contribution in [3.8, 4) is 0 Å².